The van der Waals surface area contributed by atoms with Gasteiger partial charge in [0.05, 0.1) is 19.3 Å². The number of phosphoric acid groups is 1. The molecule has 0 radical (unpaired) electrons. The lowest BCUT2D eigenvalue weighted by atomic mass is 10.1. The zero-order valence-corrected chi connectivity index (χ0v) is 24.2. The van der Waals surface area contributed by atoms with Crippen molar-refractivity contribution in [3.8, 4) is 0 Å². The number of aliphatic hydroxyl groups is 2. The molecule has 3 saturated heterocycles. The van der Waals surface area contributed by atoms with Gasteiger partial charge in [-0.25, -0.2) is 24.5 Å². The van der Waals surface area contributed by atoms with Crippen molar-refractivity contribution in [3.05, 3.63) is 29.3 Å². The number of aromatic nitrogens is 8. The summed E-state index contributed by atoms with van der Waals surface area (Å²) in [5.41, 5.74) is 10.8. The number of nitrogen functional groups attached to an aromatic ring is 2. The van der Waals surface area contributed by atoms with E-state index in [9.17, 15) is 33.9 Å². The zero-order valence-electron chi connectivity index (χ0n) is 22.4. The molecule has 9 N–H and O–H groups in total. The number of imidazole rings is 2. The summed E-state index contributed by atoms with van der Waals surface area (Å²) in [5.74, 6) is -0.233. The summed E-state index contributed by atoms with van der Waals surface area (Å²) in [6.45, 7) is -0.824. The lowest BCUT2D eigenvalue weighted by Gasteiger charge is -2.28. The molecule has 0 aromatic carbocycles. The molecular weight excluding hydrogens is 650 g/mol. The standard InChI is InChI=1S/C20H24N10O13P2/c21-13-7-14(24-2-23-13)29(3-25-7)18-10(32)12-19(41-18)38-5-44(34,35)42-11-6(1-39-45(36,37)43-12)40-17(9(11)31)30-4-26-8-15(30)27-20(22)28-16(8)33/h2-4,6,9-12,17-19,31-32H,1,5H2,(H,34,35)(H,36,37)(H2,21,23,24)(H3,22,27,28,33)/t6-,9?,10?,11?,12?,17-,18-,19+/m1/s1. The topological polar surface area (TPSA) is 330 Å². The molecule has 0 aliphatic carbocycles. The second-order valence-electron chi connectivity index (χ2n) is 10.1. The number of H-pyrrole nitrogens is 1. The number of nitrogens with two attached hydrogens (primary N) is 2. The Kier molecular flexibility index (Phi) is 7.27. The van der Waals surface area contributed by atoms with Crippen LogP contribution in [0.4, 0.5) is 11.8 Å². The zero-order chi connectivity index (χ0) is 31.8. The van der Waals surface area contributed by atoms with E-state index in [0.29, 0.717) is 0 Å². The van der Waals surface area contributed by atoms with Crippen LogP contribution in [0.5, 0.6) is 0 Å². The highest BCUT2D eigenvalue weighted by atomic mass is 31.2. The van der Waals surface area contributed by atoms with E-state index in [2.05, 4.69) is 29.9 Å². The molecule has 242 valence electrons. The highest BCUT2D eigenvalue weighted by Gasteiger charge is 2.54. The second-order valence-corrected chi connectivity index (χ2v) is 13.3. The summed E-state index contributed by atoms with van der Waals surface area (Å²) in [6, 6.07) is 0. The molecule has 3 aliphatic rings. The van der Waals surface area contributed by atoms with Crippen LogP contribution in [0.15, 0.2) is 23.8 Å². The van der Waals surface area contributed by atoms with E-state index in [-0.39, 0.29) is 34.1 Å². The van der Waals surface area contributed by atoms with Gasteiger partial charge in [-0.2, -0.15) is 4.98 Å². The number of nitrogens with zero attached hydrogens (tertiary/aromatic N) is 7. The molecule has 4 aromatic heterocycles. The van der Waals surface area contributed by atoms with Gasteiger partial charge in [0.15, 0.2) is 53.8 Å². The van der Waals surface area contributed by atoms with E-state index < -0.39 is 83.2 Å². The lowest BCUT2D eigenvalue weighted by molar-refractivity contribution is -0.168. The van der Waals surface area contributed by atoms with Gasteiger partial charge < -0.3 is 45.7 Å². The van der Waals surface area contributed by atoms with Crippen molar-refractivity contribution in [2.45, 2.75) is 49.3 Å². The fourth-order valence-electron chi connectivity index (χ4n) is 5.23. The molecular formula is C20H24N10O13P2. The third kappa shape index (κ3) is 5.31. The van der Waals surface area contributed by atoms with Crippen LogP contribution in [0.2, 0.25) is 0 Å². The normalized spacial score (nSPS) is 37.7. The van der Waals surface area contributed by atoms with E-state index in [4.69, 9.17) is 39.2 Å². The van der Waals surface area contributed by atoms with Gasteiger partial charge in [-0.1, -0.05) is 0 Å². The molecule has 3 fully saturated rings. The number of nitrogens with one attached hydrogen (secondary N) is 1. The average Bonchev–Trinajstić information content (AvgIpc) is 3.72. The Morgan fingerprint density at radius 3 is 2.38 bits per heavy atom. The van der Waals surface area contributed by atoms with Gasteiger partial charge in [-0.15, -0.1) is 0 Å². The summed E-state index contributed by atoms with van der Waals surface area (Å²) >= 11 is 0. The maximum Gasteiger partial charge on any atom is 0.472 e. The second kappa shape index (κ2) is 10.8. The summed E-state index contributed by atoms with van der Waals surface area (Å²) in [6.07, 6.45) is -10.6. The highest BCUT2D eigenvalue weighted by molar-refractivity contribution is 7.52. The minimum absolute atomic E-state index is 0.0318. The monoisotopic (exact) mass is 674 g/mol. The van der Waals surface area contributed by atoms with Crippen molar-refractivity contribution in [3.63, 3.8) is 0 Å². The molecule has 45 heavy (non-hydrogen) atoms. The highest BCUT2D eigenvalue weighted by Crippen LogP contribution is 2.53. The van der Waals surface area contributed by atoms with Crippen molar-refractivity contribution in [2.24, 2.45) is 0 Å². The molecule has 3 aliphatic heterocycles. The molecule has 0 amide bonds. The van der Waals surface area contributed by atoms with Gasteiger partial charge in [0.25, 0.3) is 5.56 Å². The minimum Gasteiger partial charge on any atom is -0.386 e. The van der Waals surface area contributed by atoms with Gasteiger partial charge in [0, 0.05) is 0 Å². The lowest BCUT2D eigenvalue weighted by Crippen LogP contribution is -2.38. The van der Waals surface area contributed by atoms with Crippen LogP contribution in [0, 0.1) is 0 Å². The number of anilines is 2. The van der Waals surface area contributed by atoms with Gasteiger partial charge in [0.1, 0.15) is 36.3 Å². The van der Waals surface area contributed by atoms with E-state index >= 15 is 0 Å². The third-order valence-corrected chi connectivity index (χ3v) is 9.24. The van der Waals surface area contributed by atoms with E-state index in [1.54, 1.807) is 0 Å². The number of aliphatic hydroxyl groups excluding tert-OH is 2. The van der Waals surface area contributed by atoms with Gasteiger partial charge in [-0.05, 0) is 0 Å². The fourth-order valence-corrected chi connectivity index (χ4v) is 7.20. The minimum atomic E-state index is -5.07. The number of rotatable bonds is 2. The van der Waals surface area contributed by atoms with Crippen LogP contribution in [0.3, 0.4) is 0 Å². The van der Waals surface area contributed by atoms with Crippen molar-refractivity contribution >= 4 is 49.5 Å². The summed E-state index contributed by atoms with van der Waals surface area (Å²) in [4.78, 5) is 55.7. The molecule has 6 unspecified atom stereocenters. The number of ether oxygens (including phenoxy) is 3. The third-order valence-electron chi connectivity index (χ3n) is 7.21. The molecule has 7 heterocycles. The largest absolute Gasteiger partial charge is 0.472 e. The number of aromatic amines is 1. The first-order chi connectivity index (χ1) is 21.3. The first-order valence-corrected chi connectivity index (χ1v) is 16.2. The first kappa shape index (κ1) is 30.2. The van der Waals surface area contributed by atoms with Crippen LogP contribution in [-0.4, -0.2) is 109 Å². The van der Waals surface area contributed by atoms with Crippen LogP contribution in [-0.2, 0) is 36.9 Å². The predicted octanol–water partition coefficient (Wildman–Crippen LogP) is -2.34. The Morgan fingerprint density at radius 2 is 1.60 bits per heavy atom. The van der Waals surface area contributed by atoms with Crippen LogP contribution in [0.25, 0.3) is 22.3 Å². The molecule has 23 nitrogen and oxygen atoms in total. The maximum absolute atomic E-state index is 13.2. The Hall–Kier alpha value is -3.44. The molecule has 0 bridgehead atoms. The van der Waals surface area contributed by atoms with E-state index in [0.717, 1.165) is 17.2 Å². The van der Waals surface area contributed by atoms with Crippen LogP contribution < -0.4 is 17.0 Å². The quantitative estimate of drug-likeness (QED) is 0.109. The van der Waals surface area contributed by atoms with Gasteiger partial charge in [-0.3, -0.25) is 37.0 Å². The van der Waals surface area contributed by atoms with E-state index in [1.165, 1.54) is 10.9 Å². The average molecular weight is 674 g/mol. The van der Waals surface area contributed by atoms with Crippen LogP contribution in [0.1, 0.15) is 12.5 Å². The van der Waals surface area contributed by atoms with Gasteiger partial charge in [0.2, 0.25) is 5.95 Å². The number of fused-ring (bicyclic) bond motifs is 4. The maximum atomic E-state index is 13.2. The smallest absolute Gasteiger partial charge is 0.386 e. The fraction of sp³-hybridized carbons (Fsp3) is 0.500. The molecule has 0 spiro atoms. The number of phosphoric ester groups is 1. The Morgan fingerprint density at radius 1 is 0.911 bits per heavy atom. The Bertz CT molecular complexity index is 1940. The van der Waals surface area contributed by atoms with E-state index in [1.807, 2.05) is 0 Å². The molecule has 4 aromatic rings. The van der Waals surface area contributed by atoms with Crippen LogP contribution >= 0.6 is 15.4 Å². The Labute approximate surface area is 248 Å². The summed E-state index contributed by atoms with van der Waals surface area (Å²) in [5, 5.41) is 22.2. The molecule has 10 atom stereocenters. The first-order valence-electron chi connectivity index (χ1n) is 12.9. The van der Waals surface area contributed by atoms with Gasteiger partial charge >= 0.3 is 15.4 Å². The van der Waals surface area contributed by atoms with Crippen molar-refractivity contribution in [2.75, 3.05) is 24.4 Å². The molecule has 0 saturated carbocycles. The SMILES string of the molecule is Nc1nc2c(ncn2[C@@H]2O[C@@H]3COP(=O)(O)OC4C(O)[C@H](n5cnc6c(N)ncnc65)O[C@@H]4OCP(=O)(O)OC3C2O)c(=O)[nH]1. The number of hydrogen-bond donors (Lipinski definition) is 7. The number of hydrogen-bond acceptors (Lipinski definition) is 18. The predicted molar refractivity (Wildman–Crippen MR) is 143 cm³/mol. The Balaban J connectivity index is 1.17. The molecule has 25 heteroatoms. The van der Waals surface area contributed by atoms with Crippen molar-refractivity contribution < 1.29 is 56.9 Å². The summed E-state index contributed by atoms with van der Waals surface area (Å²) < 4.78 is 61.2. The van der Waals surface area contributed by atoms with Crippen molar-refractivity contribution in [1.82, 2.24) is 39.0 Å². The molecule has 7 rings (SSSR count). The summed E-state index contributed by atoms with van der Waals surface area (Å²) in [7, 11) is -9.85. The van der Waals surface area contributed by atoms with Crippen molar-refractivity contribution in [1.29, 1.82) is 0 Å².